The first kappa shape index (κ1) is 14.1. The van der Waals surface area contributed by atoms with E-state index < -0.39 is 17.5 Å². The number of thiophene rings is 1. The summed E-state index contributed by atoms with van der Waals surface area (Å²) >= 11 is 1.45. The second-order valence-electron chi connectivity index (χ2n) is 4.21. The van der Waals surface area contributed by atoms with E-state index in [1.165, 1.54) is 11.3 Å². The molecule has 0 bridgehead atoms. The van der Waals surface area contributed by atoms with Crippen molar-refractivity contribution in [2.45, 2.75) is 19.4 Å². The highest BCUT2D eigenvalue weighted by atomic mass is 32.1. The fourth-order valence-electron chi connectivity index (χ4n) is 1.94. The predicted molar refractivity (Wildman–Crippen MR) is 71.7 cm³/mol. The van der Waals surface area contributed by atoms with E-state index >= 15 is 0 Å². The lowest BCUT2D eigenvalue weighted by Crippen LogP contribution is -2.13. The molecule has 1 heterocycles. The molecule has 0 aliphatic heterocycles. The first-order chi connectivity index (χ1) is 9.06. The monoisotopic (exact) mass is 285 g/mol. The van der Waals surface area contributed by atoms with Crippen LogP contribution in [0.15, 0.2) is 24.3 Å². The summed E-state index contributed by atoms with van der Waals surface area (Å²) in [7, 11) is 1.87. The minimum Gasteiger partial charge on any atom is -0.312 e. The summed E-state index contributed by atoms with van der Waals surface area (Å²) < 4.78 is 39.3. The van der Waals surface area contributed by atoms with Gasteiger partial charge in [0.2, 0.25) is 0 Å². The largest absolute Gasteiger partial charge is 0.312 e. The first-order valence-corrected chi connectivity index (χ1v) is 6.80. The van der Waals surface area contributed by atoms with Crippen molar-refractivity contribution >= 4 is 11.3 Å². The summed E-state index contributed by atoms with van der Waals surface area (Å²) in [5.41, 5.74) is 0.360. The van der Waals surface area contributed by atoms with Crippen LogP contribution in [0.2, 0.25) is 0 Å². The minimum atomic E-state index is -1.43. The van der Waals surface area contributed by atoms with E-state index in [9.17, 15) is 13.2 Å². The van der Waals surface area contributed by atoms with E-state index in [0.717, 1.165) is 28.3 Å². The lowest BCUT2D eigenvalue weighted by molar-refractivity contribution is 0.448. The van der Waals surface area contributed by atoms with E-state index in [4.69, 9.17) is 0 Å². The van der Waals surface area contributed by atoms with Gasteiger partial charge in [-0.15, -0.1) is 11.3 Å². The van der Waals surface area contributed by atoms with Crippen molar-refractivity contribution in [1.82, 2.24) is 5.32 Å². The quantitative estimate of drug-likeness (QED) is 0.815. The van der Waals surface area contributed by atoms with Crippen LogP contribution in [0.5, 0.6) is 0 Å². The van der Waals surface area contributed by atoms with Gasteiger partial charge in [0.05, 0.1) is 0 Å². The molecule has 0 amide bonds. The Bertz CT molecular complexity index is 553. The molecule has 102 valence electrons. The third-order valence-corrected chi connectivity index (χ3v) is 4.24. The van der Waals surface area contributed by atoms with Gasteiger partial charge in [-0.25, -0.2) is 13.2 Å². The van der Waals surface area contributed by atoms with Gasteiger partial charge in [0, 0.05) is 15.8 Å². The number of nitrogens with one attached hydrogen (secondary N) is 1. The Hall–Kier alpha value is -1.33. The molecule has 1 aromatic heterocycles. The molecule has 19 heavy (non-hydrogen) atoms. The number of hydrogen-bond acceptors (Lipinski definition) is 2. The van der Waals surface area contributed by atoms with Crippen LogP contribution in [0.25, 0.3) is 10.4 Å². The number of hydrogen-bond donors (Lipinski definition) is 1. The van der Waals surface area contributed by atoms with Crippen LogP contribution in [0.3, 0.4) is 0 Å². The highest BCUT2D eigenvalue weighted by Crippen LogP contribution is 2.33. The topological polar surface area (TPSA) is 12.0 Å². The van der Waals surface area contributed by atoms with E-state index in [1.807, 2.05) is 13.1 Å². The summed E-state index contributed by atoms with van der Waals surface area (Å²) in [6.45, 7) is 2.05. The van der Waals surface area contributed by atoms with Gasteiger partial charge < -0.3 is 5.32 Å². The summed E-state index contributed by atoms with van der Waals surface area (Å²) in [5, 5.41) is 3.17. The van der Waals surface area contributed by atoms with Gasteiger partial charge in [0.1, 0.15) is 0 Å². The lowest BCUT2D eigenvalue weighted by atomic mass is 10.1. The van der Waals surface area contributed by atoms with E-state index in [-0.39, 0.29) is 6.04 Å². The molecule has 2 rings (SSSR count). The summed E-state index contributed by atoms with van der Waals surface area (Å²) in [4.78, 5) is 1.81. The predicted octanol–water partition coefficient (Wildman–Crippen LogP) is 4.50. The number of rotatable bonds is 4. The molecular formula is C14H14F3NS. The zero-order valence-corrected chi connectivity index (χ0v) is 11.5. The Balaban J connectivity index is 2.38. The highest BCUT2D eigenvalue weighted by Gasteiger charge is 2.14. The van der Waals surface area contributed by atoms with Gasteiger partial charge in [-0.2, -0.15) is 0 Å². The summed E-state index contributed by atoms with van der Waals surface area (Å²) in [6.07, 6.45) is 0.919. The first-order valence-electron chi connectivity index (χ1n) is 5.98. The van der Waals surface area contributed by atoms with Crippen molar-refractivity contribution in [2.24, 2.45) is 0 Å². The maximum Gasteiger partial charge on any atom is 0.194 e. The van der Waals surface area contributed by atoms with Gasteiger partial charge in [0.25, 0.3) is 0 Å². The van der Waals surface area contributed by atoms with Crippen molar-refractivity contribution in [3.05, 3.63) is 46.6 Å². The Morgan fingerprint density at radius 1 is 1.16 bits per heavy atom. The smallest absolute Gasteiger partial charge is 0.194 e. The van der Waals surface area contributed by atoms with Crippen LogP contribution in [-0.4, -0.2) is 7.05 Å². The van der Waals surface area contributed by atoms with Crippen LogP contribution in [0.1, 0.15) is 24.3 Å². The van der Waals surface area contributed by atoms with Crippen LogP contribution in [0.4, 0.5) is 13.2 Å². The third-order valence-electron chi connectivity index (χ3n) is 3.00. The van der Waals surface area contributed by atoms with Crippen molar-refractivity contribution < 1.29 is 13.2 Å². The van der Waals surface area contributed by atoms with Crippen molar-refractivity contribution in [3.8, 4) is 10.4 Å². The average molecular weight is 285 g/mol. The molecule has 5 heteroatoms. The Labute approximate surface area is 114 Å². The highest BCUT2D eigenvalue weighted by molar-refractivity contribution is 7.15. The Morgan fingerprint density at radius 2 is 1.79 bits per heavy atom. The Morgan fingerprint density at radius 3 is 2.32 bits per heavy atom. The lowest BCUT2D eigenvalue weighted by Gasteiger charge is -2.10. The molecule has 0 saturated carbocycles. The van der Waals surface area contributed by atoms with E-state index in [2.05, 4.69) is 12.2 Å². The molecule has 1 unspecified atom stereocenters. The molecule has 0 aliphatic rings. The molecular weight excluding hydrogens is 271 g/mol. The zero-order chi connectivity index (χ0) is 14.0. The zero-order valence-electron chi connectivity index (χ0n) is 10.6. The molecule has 1 atom stereocenters. The average Bonchev–Trinajstić information content (AvgIpc) is 2.86. The fraction of sp³-hybridized carbons (Fsp3) is 0.286. The molecule has 0 saturated heterocycles. The second-order valence-corrected chi connectivity index (χ2v) is 5.32. The SMILES string of the molecule is CCC(NC)c1ccc(-c2cc(F)c(F)c(F)c2)s1. The van der Waals surface area contributed by atoms with Gasteiger partial charge in [-0.3, -0.25) is 0 Å². The van der Waals surface area contributed by atoms with Crippen LogP contribution < -0.4 is 5.32 Å². The summed E-state index contributed by atoms with van der Waals surface area (Å²) in [5.74, 6) is -3.75. The third kappa shape index (κ3) is 2.82. The van der Waals surface area contributed by atoms with Crippen LogP contribution in [0, 0.1) is 17.5 Å². The van der Waals surface area contributed by atoms with Crippen molar-refractivity contribution in [1.29, 1.82) is 0 Å². The van der Waals surface area contributed by atoms with Gasteiger partial charge in [-0.1, -0.05) is 6.92 Å². The van der Waals surface area contributed by atoms with Crippen molar-refractivity contribution in [2.75, 3.05) is 7.05 Å². The summed E-state index contributed by atoms with van der Waals surface area (Å²) in [6, 6.07) is 5.98. The van der Waals surface area contributed by atoms with Crippen LogP contribution >= 0.6 is 11.3 Å². The molecule has 0 radical (unpaired) electrons. The van der Waals surface area contributed by atoms with E-state index in [1.54, 1.807) is 6.07 Å². The molecule has 1 N–H and O–H groups in total. The van der Waals surface area contributed by atoms with Crippen molar-refractivity contribution in [3.63, 3.8) is 0 Å². The second kappa shape index (κ2) is 5.75. The molecule has 0 aliphatic carbocycles. The van der Waals surface area contributed by atoms with E-state index in [0.29, 0.717) is 5.56 Å². The fourth-order valence-corrected chi connectivity index (χ4v) is 3.13. The molecule has 1 aromatic carbocycles. The van der Waals surface area contributed by atoms with Gasteiger partial charge in [-0.05, 0) is 43.3 Å². The van der Waals surface area contributed by atoms with Crippen LogP contribution in [-0.2, 0) is 0 Å². The molecule has 2 aromatic rings. The molecule has 1 nitrogen and oxygen atoms in total. The molecule has 0 spiro atoms. The maximum absolute atomic E-state index is 13.2. The number of benzene rings is 1. The van der Waals surface area contributed by atoms with Gasteiger partial charge >= 0.3 is 0 Å². The molecule has 0 fully saturated rings. The Kier molecular flexibility index (Phi) is 4.27. The normalized spacial score (nSPS) is 12.7. The maximum atomic E-state index is 13.2. The standard InChI is InChI=1S/C14H14F3NS/c1-3-11(18-2)13-5-4-12(19-13)8-6-9(15)14(17)10(16)7-8/h4-7,11,18H,3H2,1-2H3. The number of halogens is 3. The van der Waals surface area contributed by atoms with Gasteiger partial charge in [0.15, 0.2) is 17.5 Å². The minimum absolute atomic E-state index is 0.217.